The molecule has 0 aliphatic carbocycles. The molecule has 0 saturated carbocycles. The molecule has 1 aromatic heterocycles. The number of hydrazine groups is 1. The number of aromatic nitrogens is 1. The monoisotopic (exact) mass is 643 g/mol. The van der Waals surface area contributed by atoms with Crippen molar-refractivity contribution in [2.45, 2.75) is 31.7 Å². The third-order valence-electron chi connectivity index (χ3n) is 8.24. The highest BCUT2D eigenvalue weighted by Crippen LogP contribution is 2.32. The summed E-state index contributed by atoms with van der Waals surface area (Å²) in [6, 6.07) is 17.8. The lowest BCUT2D eigenvalue weighted by Crippen LogP contribution is -2.66. The summed E-state index contributed by atoms with van der Waals surface area (Å²) in [5, 5.41) is 6.45. The molecule has 46 heavy (non-hydrogen) atoms. The number of para-hydroxylation sites is 1. The molecule has 0 unspecified atom stereocenters. The van der Waals surface area contributed by atoms with Crippen molar-refractivity contribution in [3.8, 4) is 5.75 Å². The molecule has 0 bridgehead atoms. The maximum Gasteiger partial charge on any atom is 0.332 e. The van der Waals surface area contributed by atoms with Crippen molar-refractivity contribution >= 4 is 44.5 Å². The van der Waals surface area contributed by atoms with Gasteiger partial charge in [0, 0.05) is 19.5 Å². The number of hydrogen-bond acceptors (Lipinski definition) is 8. The highest BCUT2D eigenvalue weighted by Gasteiger charge is 2.52. The largest absolute Gasteiger partial charge is 0.497 e. The van der Waals surface area contributed by atoms with Crippen molar-refractivity contribution < 1.29 is 23.5 Å². The lowest BCUT2D eigenvalue weighted by molar-refractivity contribution is -0.157. The van der Waals surface area contributed by atoms with E-state index in [1.54, 1.807) is 40.1 Å². The Balaban J connectivity index is 1.31. The summed E-state index contributed by atoms with van der Waals surface area (Å²) in [5.74, 6) is -0.136. The Morgan fingerprint density at radius 1 is 1.15 bits per heavy atom. The van der Waals surface area contributed by atoms with Gasteiger partial charge in [-0.15, -0.1) is 6.58 Å². The van der Waals surface area contributed by atoms with Crippen LogP contribution in [0.5, 0.6) is 5.75 Å². The molecule has 0 radical (unpaired) electrons. The summed E-state index contributed by atoms with van der Waals surface area (Å²) in [6.07, 6.45) is 1.24. The first-order valence-corrected chi connectivity index (χ1v) is 15.6. The van der Waals surface area contributed by atoms with Crippen molar-refractivity contribution in [2.24, 2.45) is 0 Å². The molecule has 2 saturated heterocycles. The Hall–Kier alpha value is -5.01. The minimum Gasteiger partial charge on any atom is -0.497 e. The Bertz CT molecular complexity index is 1760. The Labute approximate surface area is 269 Å². The molecule has 3 heterocycles. The number of ether oxygens (including phenoxy) is 1. The van der Waals surface area contributed by atoms with E-state index in [1.807, 2.05) is 42.5 Å². The second kappa shape index (κ2) is 13.2. The van der Waals surface area contributed by atoms with E-state index in [0.717, 1.165) is 26.9 Å². The molecule has 238 valence electrons. The fourth-order valence-corrected chi connectivity index (χ4v) is 6.81. The summed E-state index contributed by atoms with van der Waals surface area (Å²) < 4.78 is 19.6. The van der Waals surface area contributed by atoms with Crippen LogP contribution in [0.25, 0.3) is 10.2 Å². The summed E-state index contributed by atoms with van der Waals surface area (Å²) in [6.45, 7) is 4.43. The fraction of sp³-hybridized carbons (Fsp3) is 0.273. The van der Waals surface area contributed by atoms with Crippen LogP contribution in [0.3, 0.4) is 0 Å². The van der Waals surface area contributed by atoms with E-state index in [2.05, 4.69) is 16.9 Å². The van der Waals surface area contributed by atoms with Crippen molar-refractivity contribution in [1.29, 1.82) is 0 Å². The van der Waals surface area contributed by atoms with Crippen molar-refractivity contribution in [2.75, 3.05) is 32.5 Å². The van der Waals surface area contributed by atoms with Gasteiger partial charge in [-0.3, -0.25) is 14.6 Å². The van der Waals surface area contributed by atoms with Gasteiger partial charge in [-0.2, -0.15) is 5.01 Å². The average molecular weight is 644 g/mol. The summed E-state index contributed by atoms with van der Waals surface area (Å²) >= 11 is 1.38. The van der Waals surface area contributed by atoms with Gasteiger partial charge < -0.3 is 25.6 Å². The predicted octanol–water partition coefficient (Wildman–Crippen LogP) is 3.76. The first-order chi connectivity index (χ1) is 22.2. The molecule has 2 atom stereocenters. The van der Waals surface area contributed by atoms with Gasteiger partial charge in [0.1, 0.15) is 23.8 Å². The normalized spacial score (nSPS) is 18.1. The van der Waals surface area contributed by atoms with Crippen LogP contribution in [-0.2, 0) is 29.1 Å². The number of nitrogen functional groups attached to an aromatic ring is 1. The Morgan fingerprint density at radius 2 is 1.89 bits per heavy atom. The third kappa shape index (κ3) is 6.24. The number of halogens is 1. The van der Waals surface area contributed by atoms with Crippen LogP contribution in [0.2, 0.25) is 0 Å². The van der Waals surface area contributed by atoms with Gasteiger partial charge in [-0.25, -0.2) is 14.2 Å². The number of hydrogen-bond donors (Lipinski definition) is 2. The number of fused-ring (bicyclic) bond motifs is 2. The van der Waals surface area contributed by atoms with Gasteiger partial charge in [0.2, 0.25) is 11.8 Å². The van der Waals surface area contributed by atoms with Crippen LogP contribution in [0.15, 0.2) is 79.4 Å². The van der Waals surface area contributed by atoms with Crippen LogP contribution in [-0.4, -0.2) is 81.6 Å². The SMILES string of the molecule is C=CCN(C(=O)NCc1ccc(F)cc1)N1CC(=O)N2[C@@H](Cc3ccc(OC)cc3)C(=O)N(Cc3cccc4sc(N)nc34)C[C@@H]21. The number of amides is 4. The first-order valence-electron chi connectivity index (χ1n) is 14.8. The lowest BCUT2D eigenvalue weighted by atomic mass is 9.99. The van der Waals surface area contributed by atoms with E-state index in [1.165, 1.54) is 28.5 Å². The molecule has 13 heteroatoms. The van der Waals surface area contributed by atoms with E-state index < -0.39 is 18.2 Å². The number of nitrogens with zero attached hydrogens (tertiary/aromatic N) is 5. The molecule has 6 rings (SSSR count). The summed E-state index contributed by atoms with van der Waals surface area (Å²) in [7, 11) is 1.58. The van der Waals surface area contributed by atoms with Crippen LogP contribution >= 0.6 is 11.3 Å². The van der Waals surface area contributed by atoms with E-state index in [9.17, 15) is 18.8 Å². The minimum absolute atomic E-state index is 0.0963. The molecule has 3 aromatic carbocycles. The van der Waals surface area contributed by atoms with Gasteiger partial charge in [0.25, 0.3) is 0 Å². The Morgan fingerprint density at radius 3 is 2.61 bits per heavy atom. The number of rotatable bonds is 10. The van der Waals surface area contributed by atoms with Crippen LogP contribution in [0, 0.1) is 5.82 Å². The zero-order chi connectivity index (χ0) is 32.4. The van der Waals surface area contributed by atoms with Crippen LogP contribution in [0.4, 0.5) is 14.3 Å². The van der Waals surface area contributed by atoms with Crippen LogP contribution in [0.1, 0.15) is 16.7 Å². The number of nitrogens with two attached hydrogens (primary N) is 1. The maximum atomic E-state index is 14.2. The molecular weight excluding hydrogens is 609 g/mol. The van der Waals surface area contributed by atoms with Gasteiger partial charge in [0.15, 0.2) is 5.13 Å². The van der Waals surface area contributed by atoms with Crippen molar-refractivity contribution in [3.05, 3.63) is 102 Å². The van der Waals surface area contributed by atoms with Crippen molar-refractivity contribution in [1.82, 2.24) is 30.1 Å². The van der Waals surface area contributed by atoms with E-state index in [-0.39, 0.29) is 56.8 Å². The number of thiazole rings is 1. The number of methoxy groups -OCH3 is 1. The van der Waals surface area contributed by atoms with E-state index in [0.29, 0.717) is 10.9 Å². The number of nitrogens with one attached hydrogen (secondary N) is 1. The minimum atomic E-state index is -0.808. The van der Waals surface area contributed by atoms with Crippen LogP contribution < -0.4 is 15.8 Å². The molecule has 11 nitrogen and oxygen atoms in total. The zero-order valence-electron chi connectivity index (χ0n) is 25.3. The number of benzene rings is 3. The average Bonchev–Trinajstić information content (AvgIpc) is 3.60. The highest BCUT2D eigenvalue weighted by atomic mass is 32.1. The first kappa shape index (κ1) is 31.0. The third-order valence-corrected chi connectivity index (χ3v) is 9.09. The smallest absolute Gasteiger partial charge is 0.332 e. The summed E-state index contributed by atoms with van der Waals surface area (Å²) in [4.78, 5) is 49.3. The van der Waals surface area contributed by atoms with E-state index in [4.69, 9.17) is 10.5 Å². The quantitative estimate of drug-likeness (QED) is 0.252. The molecule has 4 amide bonds. The molecule has 3 N–H and O–H groups in total. The number of urea groups is 1. The molecule has 2 aliphatic heterocycles. The van der Waals surface area contributed by atoms with Gasteiger partial charge in [0.05, 0.1) is 37.0 Å². The number of carbonyl (C=O) groups is 3. The fourth-order valence-electron chi connectivity index (χ4n) is 6.03. The topological polar surface area (TPSA) is 124 Å². The molecular formula is C33H34FN7O4S. The standard InChI is InChI=1S/C33H34FN7O4S/c1-3-15-39(33(44)36-17-22-7-11-24(34)12-8-22)40-20-29(42)41-26(16-21-9-13-25(45-2)14-10-21)31(43)38(19-28(40)41)18-23-5-4-6-27-30(23)37-32(35)46-27/h3-14,26,28H,1,15-20H2,2H3,(H2,35,37)(H,36,44)/t26-,28+/m0/s1. The molecule has 4 aromatic rings. The molecule has 2 aliphatic rings. The number of carbonyl (C=O) groups excluding carboxylic acids is 3. The predicted molar refractivity (Wildman–Crippen MR) is 173 cm³/mol. The molecule has 0 spiro atoms. The highest BCUT2D eigenvalue weighted by molar-refractivity contribution is 7.22. The second-order valence-electron chi connectivity index (χ2n) is 11.1. The maximum absolute atomic E-state index is 14.2. The van der Waals surface area contributed by atoms with Gasteiger partial charge in [-0.05, 0) is 47.0 Å². The Kier molecular flexibility index (Phi) is 8.86. The lowest BCUT2D eigenvalue weighted by Gasteiger charge is -2.46. The summed E-state index contributed by atoms with van der Waals surface area (Å²) in [5.41, 5.74) is 9.17. The van der Waals surface area contributed by atoms with Gasteiger partial charge in [-0.1, -0.05) is 53.8 Å². The number of piperazine rings is 1. The van der Waals surface area contributed by atoms with E-state index >= 15 is 0 Å². The zero-order valence-corrected chi connectivity index (χ0v) is 26.1. The van der Waals surface area contributed by atoms with Gasteiger partial charge >= 0.3 is 6.03 Å². The van der Waals surface area contributed by atoms with Crippen molar-refractivity contribution in [3.63, 3.8) is 0 Å². The molecule has 2 fully saturated rings. The second-order valence-corrected chi connectivity index (χ2v) is 12.2. The number of anilines is 1.